The first-order chi connectivity index (χ1) is 31.2. The second-order valence-corrected chi connectivity index (χ2v) is 16.9. The standard InChI is InChI=1S/C56H33N5OS/c1-4-18-34(19-5-1)49-51-50(37-24-10-15-33-46(37)63-51)58-54(57-49)38-25-16-29-42-47(38)48-39(55-60-52(35-20-6-2-7-21-35)59-53(61-55)36-22-8-3-9-23-36)26-17-30-43(48)56(42)40-27-11-13-31-44(40)62-45-32-14-12-28-41(45)56/h1-33H. The van der Waals surface area contributed by atoms with Crippen LogP contribution in [0.1, 0.15) is 22.3 Å². The number of hydrogen-bond acceptors (Lipinski definition) is 7. The molecular formula is C56H33N5OS. The Morgan fingerprint density at radius 3 is 1.41 bits per heavy atom. The third kappa shape index (κ3) is 5.33. The Balaban J connectivity index is 1.17. The van der Waals surface area contributed by atoms with Gasteiger partial charge in [0.05, 0.1) is 21.3 Å². The van der Waals surface area contributed by atoms with Crippen molar-refractivity contribution in [3.63, 3.8) is 0 Å². The first-order valence-corrected chi connectivity index (χ1v) is 21.8. The number of hydrogen-bond donors (Lipinski definition) is 0. The molecular weight excluding hydrogens is 791 g/mol. The van der Waals surface area contributed by atoms with E-state index in [2.05, 4.69) is 121 Å². The molecule has 0 N–H and O–H groups in total. The van der Waals surface area contributed by atoms with Gasteiger partial charge in [0.1, 0.15) is 11.5 Å². The van der Waals surface area contributed by atoms with Gasteiger partial charge in [-0.1, -0.05) is 182 Å². The van der Waals surface area contributed by atoms with Gasteiger partial charge < -0.3 is 4.74 Å². The fourth-order valence-electron chi connectivity index (χ4n) is 9.79. The summed E-state index contributed by atoms with van der Waals surface area (Å²) < 4.78 is 8.98. The molecule has 0 unspecified atom stereocenters. The molecule has 7 heteroatoms. The van der Waals surface area contributed by atoms with Crippen LogP contribution in [0.2, 0.25) is 0 Å². The van der Waals surface area contributed by atoms with E-state index in [9.17, 15) is 0 Å². The summed E-state index contributed by atoms with van der Waals surface area (Å²) in [5.74, 6) is 4.07. The maximum Gasteiger partial charge on any atom is 0.164 e. The fraction of sp³-hybridized carbons (Fsp3) is 0.0179. The van der Waals surface area contributed by atoms with Gasteiger partial charge in [0.25, 0.3) is 0 Å². The molecule has 0 atom stereocenters. The van der Waals surface area contributed by atoms with Crippen LogP contribution in [0.15, 0.2) is 200 Å². The molecule has 1 aliphatic heterocycles. The Kier molecular flexibility index (Phi) is 7.89. The molecule has 63 heavy (non-hydrogen) atoms. The lowest BCUT2D eigenvalue weighted by Gasteiger charge is -2.39. The lowest BCUT2D eigenvalue weighted by molar-refractivity contribution is 0.436. The molecule has 0 fully saturated rings. The predicted octanol–water partition coefficient (Wildman–Crippen LogP) is 13.8. The van der Waals surface area contributed by atoms with E-state index in [1.807, 2.05) is 78.9 Å². The highest BCUT2D eigenvalue weighted by molar-refractivity contribution is 7.26. The van der Waals surface area contributed by atoms with Crippen LogP contribution >= 0.6 is 11.3 Å². The average molecular weight is 824 g/mol. The van der Waals surface area contributed by atoms with Crippen molar-refractivity contribution in [1.82, 2.24) is 24.9 Å². The van der Waals surface area contributed by atoms with Crippen molar-refractivity contribution in [2.24, 2.45) is 0 Å². The van der Waals surface area contributed by atoms with Crippen molar-refractivity contribution >= 4 is 31.6 Å². The predicted molar refractivity (Wildman–Crippen MR) is 253 cm³/mol. The third-order valence-electron chi connectivity index (χ3n) is 12.4. The zero-order valence-electron chi connectivity index (χ0n) is 33.6. The maximum absolute atomic E-state index is 6.74. The largest absolute Gasteiger partial charge is 0.457 e. The molecule has 0 bridgehead atoms. The normalized spacial score (nSPS) is 13.0. The molecule has 0 saturated carbocycles. The van der Waals surface area contributed by atoms with E-state index < -0.39 is 5.41 Å². The second kappa shape index (κ2) is 14.0. The SMILES string of the molecule is c1ccc(-c2nc(-c3ccccc3)nc(-c3cccc4c3-c3c(-c5nc(-c6ccccc6)c6sc7ccccc7c6n5)cccc3C43c4ccccc4Oc4ccccc43)n2)cc1. The van der Waals surface area contributed by atoms with Crippen LogP contribution in [-0.4, -0.2) is 24.9 Å². The van der Waals surface area contributed by atoms with E-state index in [4.69, 9.17) is 29.7 Å². The number of fused-ring (bicyclic) bond motifs is 12. The number of rotatable bonds is 5. The molecule has 0 amide bonds. The molecule has 13 rings (SSSR count). The highest BCUT2D eigenvalue weighted by Crippen LogP contribution is 2.64. The lowest BCUT2D eigenvalue weighted by Crippen LogP contribution is -2.32. The fourth-order valence-corrected chi connectivity index (χ4v) is 10.9. The smallest absolute Gasteiger partial charge is 0.164 e. The van der Waals surface area contributed by atoms with E-state index in [1.165, 1.54) is 4.70 Å². The highest BCUT2D eigenvalue weighted by atomic mass is 32.1. The molecule has 1 spiro atoms. The van der Waals surface area contributed by atoms with Crippen LogP contribution < -0.4 is 4.74 Å². The van der Waals surface area contributed by atoms with Gasteiger partial charge in [0.2, 0.25) is 0 Å². The maximum atomic E-state index is 6.74. The van der Waals surface area contributed by atoms with E-state index in [-0.39, 0.29) is 0 Å². The summed E-state index contributed by atoms with van der Waals surface area (Å²) in [5, 5.41) is 1.11. The van der Waals surface area contributed by atoms with Crippen molar-refractivity contribution < 1.29 is 4.74 Å². The molecule has 11 aromatic rings. The van der Waals surface area contributed by atoms with E-state index in [1.54, 1.807) is 11.3 Å². The molecule has 6 nitrogen and oxygen atoms in total. The van der Waals surface area contributed by atoms with Gasteiger partial charge in [-0.25, -0.2) is 24.9 Å². The summed E-state index contributed by atoms with van der Waals surface area (Å²) >= 11 is 1.74. The van der Waals surface area contributed by atoms with Crippen LogP contribution in [0.4, 0.5) is 0 Å². The summed E-state index contributed by atoms with van der Waals surface area (Å²) in [6.07, 6.45) is 0. The van der Waals surface area contributed by atoms with E-state index in [0.717, 1.165) is 94.0 Å². The van der Waals surface area contributed by atoms with Gasteiger partial charge in [0, 0.05) is 49.0 Å². The Hall–Kier alpha value is -8.13. The first kappa shape index (κ1) is 35.6. The number of aromatic nitrogens is 5. The minimum atomic E-state index is -0.763. The summed E-state index contributed by atoms with van der Waals surface area (Å²) in [4.78, 5) is 26.8. The Morgan fingerprint density at radius 2 is 0.825 bits per heavy atom. The summed E-state index contributed by atoms with van der Waals surface area (Å²) in [6, 6.07) is 69.3. The molecule has 3 aromatic heterocycles. The minimum absolute atomic E-state index is 0.580. The third-order valence-corrected chi connectivity index (χ3v) is 13.6. The van der Waals surface area contributed by atoms with Crippen molar-refractivity contribution in [3.8, 4) is 79.4 Å². The second-order valence-electron chi connectivity index (χ2n) is 15.9. The van der Waals surface area contributed by atoms with Gasteiger partial charge in [0.15, 0.2) is 23.3 Å². The average Bonchev–Trinajstić information content (AvgIpc) is 3.88. The van der Waals surface area contributed by atoms with Gasteiger partial charge in [-0.2, -0.15) is 0 Å². The van der Waals surface area contributed by atoms with Crippen LogP contribution in [0.5, 0.6) is 11.5 Å². The summed E-state index contributed by atoms with van der Waals surface area (Å²) in [6.45, 7) is 0. The van der Waals surface area contributed by atoms with Crippen molar-refractivity contribution in [3.05, 3.63) is 222 Å². The molecule has 4 heterocycles. The Morgan fingerprint density at radius 1 is 0.365 bits per heavy atom. The number of nitrogens with zero attached hydrogens (tertiary/aromatic N) is 5. The number of para-hydroxylation sites is 2. The van der Waals surface area contributed by atoms with Crippen molar-refractivity contribution in [2.45, 2.75) is 5.41 Å². The van der Waals surface area contributed by atoms with Gasteiger partial charge >= 0.3 is 0 Å². The molecule has 294 valence electrons. The quantitative estimate of drug-likeness (QED) is 0.172. The summed E-state index contributed by atoms with van der Waals surface area (Å²) in [5.41, 5.74) is 12.2. The van der Waals surface area contributed by atoms with Gasteiger partial charge in [-0.3, -0.25) is 0 Å². The van der Waals surface area contributed by atoms with Crippen LogP contribution in [-0.2, 0) is 5.41 Å². The number of thiophene rings is 1. The van der Waals surface area contributed by atoms with E-state index in [0.29, 0.717) is 23.3 Å². The van der Waals surface area contributed by atoms with Crippen LogP contribution in [0, 0.1) is 0 Å². The Labute approximate surface area is 366 Å². The Bertz CT molecular complexity index is 3500. The number of benzene rings is 8. The number of ether oxygens (including phenoxy) is 1. The molecule has 1 aliphatic carbocycles. The van der Waals surface area contributed by atoms with Crippen molar-refractivity contribution in [2.75, 3.05) is 0 Å². The van der Waals surface area contributed by atoms with Crippen LogP contribution in [0.3, 0.4) is 0 Å². The van der Waals surface area contributed by atoms with E-state index >= 15 is 0 Å². The summed E-state index contributed by atoms with van der Waals surface area (Å²) in [7, 11) is 0. The highest BCUT2D eigenvalue weighted by Gasteiger charge is 2.52. The van der Waals surface area contributed by atoms with Crippen molar-refractivity contribution in [1.29, 1.82) is 0 Å². The minimum Gasteiger partial charge on any atom is -0.457 e. The van der Waals surface area contributed by atoms with Gasteiger partial charge in [-0.05, 0) is 40.5 Å². The van der Waals surface area contributed by atoms with Crippen LogP contribution in [0.25, 0.3) is 88.2 Å². The topological polar surface area (TPSA) is 73.7 Å². The molecule has 2 aliphatic rings. The monoisotopic (exact) mass is 823 g/mol. The zero-order valence-corrected chi connectivity index (χ0v) is 34.4. The molecule has 0 radical (unpaired) electrons. The zero-order chi connectivity index (χ0) is 41.5. The van der Waals surface area contributed by atoms with Gasteiger partial charge in [-0.15, -0.1) is 11.3 Å². The first-order valence-electron chi connectivity index (χ1n) is 21.0. The lowest BCUT2D eigenvalue weighted by atomic mass is 9.66. The molecule has 8 aromatic carbocycles. The molecule has 0 saturated heterocycles.